The van der Waals surface area contributed by atoms with Crippen molar-refractivity contribution in [1.82, 2.24) is 0 Å². The summed E-state index contributed by atoms with van der Waals surface area (Å²) >= 11 is 1.04. The summed E-state index contributed by atoms with van der Waals surface area (Å²) in [5.74, 6) is -0.144. The Morgan fingerprint density at radius 3 is 2.26 bits per heavy atom. The van der Waals surface area contributed by atoms with Crippen LogP contribution >= 0.6 is 11.3 Å². The number of ketones is 1. The highest BCUT2D eigenvalue weighted by atomic mass is 32.1. The number of nitrogens with one attached hydrogen (secondary N) is 1. The molecule has 2 aromatic carbocycles. The second-order valence-corrected chi connectivity index (χ2v) is 10.6. The van der Waals surface area contributed by atoms with Crippen LogP contribution in [0.25, 0.3) is 0 Å². The van der Waals surface area contributed by atoms with Crippen LogP contribution in [0.1, 0.15) is 80.7 Å². The van der Waals surface area contributed by atoms with Crippen molar-refractivity contribution in [3.8, 4) is 5.75 Å². The molecule has 0 fully saturated rings. The van der Waals surface area contributed by atoms with E-state index in [4.69, 9.17) is 13.9 Å². The molecule has 8 heteroatoms. The number of ether oxygens (including phenoxy) is 2. The average Bonchev–Trinajstić information content (AvgIpc) is 3.53. The molecule has 0 spiro atoms. The third-order valence-electron chi connectivity index (χ3n) is 6.51. The number of anilines is 1. The molecule has 0 saturated heterocycles. The van der Waals surface area contributed by atoms with Gasteiger partial charge in [0.05, 0.1) is 17.0 Å². The van der Waals surface area contributed by atoms with Gasteiger partial charge in [-0.2, -0.15) is 0 Å². The van der Waals surface area contributed by atoms with Gasteiger partial charge in [-0.3, -0.25) is 9.59 Å². The van der Waals surface area contributed by atoms with E-state index < -0.39 is 11.9 Å². The number of hydrogen-bond acceptors (Lipinski definition) is 7. The smallest absolute Gasteiger partial charge is 0.341 e. The fourth-order valence-corrected chi connectivity index (χ4v) is 5.36. The molecule has 0 aliphatic carbocycles. The fourth-order valence-electron chi connectivity index (χ4n) is 4.27. The summed E-state index contributed by atoms with van der Waals surface area (Å²) < 4.78 is 16.7. The number of rotatable bonds is 10. The molecule has 4 rings (SSSR count). The second kappa shape index (κ2) is 11.7. The predicted octanol–water partition coefficient (Wildman–Crippen LogP) is 7.19. The maximum atomic E-state index is 12.9. The Morgan fingerprint density at radius 1 is 0.949 bits per heavy atom. The summed E-state index contributed by atoms with van der Waals surface area (Å²) in [6.07, 6.45) is 0. The Morgan fingerprint density at radius 2 is 1.62 bits per heavy atom. The van der Waals surface area contributed by atoms with Crippen LogP contribution in [0, 0.1) is 6.92 Å². The molecule has 7 nitrogen and oxygen atoms in total. The summed E-state index contributed by atoms with van der Waals surface area (Å²) in [5, 5.41) is 2.94. The lowest BCUT2D eigenvalue weighted by molar-refractivity contribution is 0.0527. The molecule has 0 aliphatic rings. The Bertz CT molecular complexity index is 1480. The van der Waals surface area contributed by atoms with E-state index >= 15 is 0 Å². The van der Waals surface area contributed by atoms with E-state index in [2.05, 4.69) is 31.3 Å². The van der Waals surface area contributed by atoms with Crippen LogP contribution in [-0.2, 0) is 16.8 Å². The molecule has 4 aromatic rings. The van der Waals surface area contributed by atoms with Crippen molar-refractivity contribution < 1.29 is 28.3 Å². The van der Waals surface area contributed by atoms with E-state index in [1.54, 1.807) is 19.9 Å². The van der Waals surface area contributed by atoms with Crippen molar-refractivity contribution in [2.45, 2.75) is 46.6 Å². The lowest BCUT2D eigenvalue weighted by Crippen LogP contribution is -2.18. The third-order valence-corrected chi connectivity index (χ3v) is 7.82. The van der Waals surface area contributed by atoms with Gasteiger partial charge in [-0.25, -0.2) is 4.79 Å². The normalized spacial score (nSPS) is 11.2. The molecular formula is C31H31NO6S. The number of amides is 1. The zero-order chi connectivity index (χ0) is 28.2. The van der Waals surface area contributed by atoms with Crippen molar-refractivity contribution >= 4 is 34.0 Å². The van der Waals surface area contributed by atoms with E-state index in [1.165, 1.54) is 18.6 Å². The quantitative estimate of drug-likeness (QED) is 0.167. The van der Waals surface area contributed by atoms with E-state index in [0.717, 1.165) is 16.9 Å². The monoisotopic (exact) mass is 545 g/mol. The molecule has 0 unspecified atom stereocenters. The lowest BCUT2D eigenvalue weighted by Gasteiger charge is -2.26. The number of thiophene rings is 1. The average molecular weight is 546 g/mol. The molecule has 0 radical (unpaired) electrons. The zero-order valence-corrected chi connectivity index (χ0v) is 23.4. The third kappa shape index (κ3) is 6.12. The molecule has 1 N–H and O–H groups in total. The summed E-state index contributed by atoms with van der Waals surface area (Å²) in [4.78, 5) is 37.8. The summed E-state index contributed by atoms with van der Waals surface area (Å²) in [5.41, 5.74) is 2.90. The maximum absolute atomic E-state index is 12.9. The van der Waals surface area contributed by atoms with E-state index in [1.807, 2.05) is 42.5 Å². The summed E-state index contributed by atoms with van der Waals surface area (Å²) in [7, 11) is 0. The van der Waals surface area contributed by atoms with Gasteiger partial charge in [0, 0.05) is 5.41 Å². The minimum atomic E-state index is -0.597. The van der Waals surface area contributed by atoms with Crippen molar-refractivity contribution in [3.63, 3.8) is 0 Å². The number of hydrogen-bond donors (Lipinski definition) is 1. The van der Waals surface area contributed by atoms with Crippen LogP contribution in [0.4, 0.5) is 5.00 Å². The van der Waals surface area contributed by atoms with Crippen molar-refractivity contribution in [2.75, 3.05) is 11.9 Å². The molecular weight excluding hydrogens is 514 g/mol. The highest BCUT2D eigenvalue weighted by molar-refractivity contribution is 7.18. The van der Waals surface area contributed by atoms with Gasteiger partial charge in [0.25, 0.3) is 5.91 Å². The molecule has 0 aliphatic heterocycles. The lowest BCUT2D eigenvalue weighted by atomic mass is 9.78. The van der Waals surface area contributed by atoms with Crippen LogP contribution in [0.3, 0.4) is 0 Å². The molecule has 1 amide bonds. The second-order valence-electron chi connectivity index (χ2n) is 9.56. The van der Waals surface area contributed by atoms with Crippen LogP contribution in [-0.4, -0.2) is 24.3 Å². The zero-order valence-electron chi connectivity index (χ0n) is 22.6. The van der Waals surface area contributed by atoms with Gasteiger partial charge in [-0.1, -0.05) is 56.3 Å². The van der Waals surface area contributed by atoms with Gasteiger partial charge < -0.3 is 19.2 Å². The molecule has 2 heterocycles. The van der Waals surface area contributed by atoms with Gasteiger partial charge in [-0.05, 0) is 61.7 Å². The largest absolute Gasteiger partial charge is 0.486 e. The Kier molecular flexibility index (Phi) is 8.35. The highest BCUT2D eigenvalue weighted by Crippen LogP contribution is 2.35. The standard InChI is InChI=1S/C31H31NO6S/c1-6-36-30(35)26-19(2)27(20(3)33)39-29(26)32-28(34)25-17-16-24(38-25)18-37-23-14-12-22(13-15-23)31(4,5)21-10-8-7-9-11-21/h7-17H,6,18H2,1-5H3,(H,32,34). The molecule has 0 atom stereocenters. The van der Waals surface area contributed by atoms with E-state index in [0.29, 0.717) is 22.0 Å². The molecule has 202 valence electrons. The number of furan rings is 1. The first kappa shape index (κ1) is 27.9. The first-order valence-electron chi connectivity index (χ1n) is 12.6. The van der Waals surface area contributed by atoms with E-state index in [9.17, 15) is 14.4 Å². The van der Waals surface area contributed by atoms with Gasteiger partial charge in [-0.15, -0.1) is 11.3 Å². The van der Waals surface area contributed by atoms with Crippen molar-refractivity contribution in [2.24, 2.45) is 0 Å². The number of carbonyl (C=O) groups excluding carboxylic acids is 3. The Labute approximate surface area is 231 Å². The highest BCUT2D eigenvalue weighted by Gasteiger charge is 2.26. The summed E-state index contributed by atoms with van der Waals surface area (Å²) in [6, 6.07) is 21.4. The maximum Gasteiger partial charge on any atom is 0.341 e. The van der Waals surface area contributed by atoms with Gasteiger partial charge in [0.2, 0.25) is 0 Å². The fraction of sp³-hybridized carbons (Fsp3) is 0.258. The molecule has 39 heavy (non-hydrogen) atoms. The Balaban J connectivity index is 1.42. The van der Waals surface area contributed by atoms with Crippen LogP contribution in [0.15, 0.2) is 71.1 Å². The molecule has 2 aromatic heterocycles. The van der Waals surface area contributed by atoms with Crippen molar-refractivity contribution in [3.05, 3.63) is 105 Å². The number of benzene rings is 2. The van der Waals surface area contributed by atoms with Crippen LogP contribution < -0.4 is 10.1 Å². The predicted molar refractivity (Wildman–Crippen MR) is 151 cm³/mol. The van der Waals surface area contributed by atoms with Gasteiger partial charge >= 0.3 is 5.97 Å². The number of carbonyl (C=O) groups is 3. The van der Waals surface area contributed by atoms with Crippen molar-refractivity contribution in [1.29, 1.82) is 0 Å². The van der Waals surface area contributed by atoms with E-state index in [-0.39, 0.29) is 40.7 Å². The topological polar surface area (TPSA) is 94.8 Å². The first-order valence-corrected chi connectivity index (χ1v) is 13.4. The first-order chi connectivity index (χ1) is 18.6. The molecule has 0 saturated carbocycles. The minimum Gasteiger partial charge on any atom is -0.486 e. The van der Waals surface area contributed by atoms with Gasteiger partial charge in [0.1, 0.15) is 23.1 Å². The number of esters is 1. The van der Waals surface area contributed by atoms with Crippen LogP contribution in [0.5, 0.6) is 5.75 Å². The number of Topliss-reactive ketones (excluding diaryl/α,β-unsaturated/α-hetero) is 1. The summed E-state index contributed by atoms with van der Waals surface area (Å²) in [6.45, 7) is 9.43. The molecule has 0 bridgehead atoms. The van der Waals surface area contributed by atoms with Crippen LogP contribution in [0.2, 0.25) is 0 Å². The minimum absolute atomic E-state index is 0.0544. The van der Waals surface area contributed by atoms with Gasteiger partial charge in [0.15, 0.2) is 11.5 Å². The Hall–Kier alpha value is -4.17. The SMILES string of the molecule is CCOC(=O)c1c(NC(=O)c2ccc(COc3ccc(C(C)(C)c4ccccc4)cc3)o2)sc(C(C)=O)c1C.